The van der Waals surface area contributed by atoms with Crippen LogP contribution in [0.25, 0.3) is 0 Å². The van der Waals surface area contributed by atoms with Gasteiger partial charge in [0.25, 0.3) is 0 Å². The second kappa shape index (κ2) is 6.33. The average Bonchev–Trinajstić information content (AvgIpc) is 2.99. The molecule has 6 heteroatoms. The van der Waals surface area contributed by atoms with Gasteiger partial charge in [-0.3, -0.25) is 9.79 Å². The highest BCUT2D eigenvalue weighted by molar-refractivity contribution is 6.10. The minimum absolute atomic E-state index is 0.0190. The van der Waals surface area contributed by atoms with E-state index < -0.39 is 0 Å². The lowest BCUT2D eigenvalue weighted by Crippen LogP contribution is -2.46. The van der Waals surface area contributed by atoms with Crippen molar-refractivity contribution in [1.82, 2.24) is 10.6 Å². The van der Waals surface area contributed by atoms with Crippen LogP contribution in [0.2, 0.25) is 0 Å². The van der Waals surface area contributed by atoms with Crippen LogP contribution in [0.4, 0.5) is 0 Å². The highest BCUT2D eigenvalue weighted by atomic mass is 16.1. The molecule has 0 unspecified atom stereocenters. The van der Waals surface area contributed by atoms with Crippen LogP contribution in [0.1, 0.15) is 24.0 Å². The van der Waals surface area contributed by atoms with E-state index in [1.54, 1.807) is 12.1 Å². The molecule has 1 aliphatic carbocycles. The third kappa shape index (κ3) is 3.22. The first-order chi connectivity index (χ1) is 11.2. The molecule has 1 heterocycles. The van der Waals surface area contributed by atoms with Gasteiger partial charge in [0.2, 0.25) is 5.91 Å². The molecule has 23 heavy (non-hydrogen) atoms. The molecule has 1 aromatic rings. The zero-order valence-corrected chi connectivity index (χ0v) is 12.4. The summed E-state index contributed by atoms with van der Waals surface area (Å²) in [6.45, 7) is 0.435. The van der Waals surface area contributed by atoms with Crippen molar-refractivity contribution < 1.29 is 4.79 Å². The van der Waals surface area contributed by atoms with Crippen LogP contribution in [-0.4, -0.2) is 24.2 Å². The van der Waals surface area contributed by atoms with E-state index >= 15 is 0 Å². The maximum Gasteiger partial charge on any atom is 0.227 e. The first-order valence-electron chi connectivity index (χ1n) is 7.40. The van der Waals surface area contributed by atoms with Gasteiger partial charge in [0, 0.05) is 23.2 Å². The number of aliphatic imine (C=N–C) groups is 1. The maximum absolute atomic E-state index is 12.1. The van der Waals surface area contributed by atoms with Crippen LogP contribution in [0, 0.1) is 28.7 Å². The molecule has 0 aromatic heterocycles. The van der Waals surface area contributed by atoms with Crippen molar-refractivity contribution in [3.8, 4) is 12.3 Å². The number of hydrogen-bond donors (Lipinski definition) is 2. The lowest BCUT2D eigenvalue weighted by atomic mass is 9.79. The number of amides is 1. The molecule has 2 aliphatic rings. The van der Waals surface area contributed by atoms with E-state index in [1.807, 2.05) is 24.4 Å². The number of carbonyl (C=O) groups excluding carboxylic acids is 1. The third-order valence-electron chi connectivity index (χ3n) is 4.08. The quantitative estimate of drug-likeness (QED) is 0.645. The Bertz CT molecular complexity index is 775. The van der Waals surface area contributed by atoms with Gasteiger partial charge in [0.15, 0.2) is 6.19 Å². The topological polar surface area (TPSA) is 101 Å². The Balaban J connectivity index is 1.58. The van der Waals surface area contributed by atoms with Crippen LogP contribution in [0.15, 0.2) is 41.0 Å². The average molecular weight is 305 g/mol. The van der Waals surface area contributed by atoms with Crippen molar-refractivity contribution in [1.29, 1.82) is 10.5 Å². The minimum atomic E-state index is -0.0484. The van der Waals surface area contributed by atoms with Crippen molar-refractivity contribution in [2.45, 2.75) is 18.9 Å². The predicted octanol–water partition coefficient (Wildman–Crippen LogP) is 1.21. The number of hydrogen-bond acceptors (Lipinski definition) is 5. The van der Waals surface area contributed by atoms with Crippen LogP contribution in [0.5, 0.6) is 0 Å². The summed E-state index contributed by atoms with van der Waals surface area (Å²) in [4.78, 5) is 16.5. The summed E-state index contributed by atoms with van der Waals surface area (Å²) in [6.07, 6.45) is 5.12. The molecular weight excluding hydrogens is 290 g/mol. The van der Waals surface area contributed by atoms with Crippen LogP contribution >= 0.6 is 0 Å². The fourth-order valence-corrected chi connectivity index (χ4v) is 2.73. The van der Waals surface area contributed by atoms with Crippen LogP contribution in [0.3, 0.4) is 0 Å². The molecule has 1 amide bonds. The summed E-state index contributed by atoms with van der Waals surface area (Å²) in [6, 6.07) is 9.46. The zero-order chi connectivity index (χ0) is 16.2. The van der Waals surface area contributed by atoms with Gasteiger partial charge in [0.05, 0.1) is 23.9 Å². The van der Waals surface area contributed by atoms with Crippen molar-refractivity contribution in [3.05, 3.63) is 47.2 Å². The summed E-state index contributed by atoms with van der Waals surface area (Å²) in [5, 5.41) is 23.0. The molecule has 0 atom stereocenters. The summed E-state index contributed by atoms with van der Waals surface area (Å²) in [5.41, 5.74) is 3.00. The zero-order valence-electron chi connectivity index (χ0n) is 12.4. The summed E-state index contributed by atoms with van der Waals surface area (Å²) < 4.78 is 0. The van der Waals surface area contributed by atoms with Gasteiger partial charge in [0.1, 0.15) is 0 Å². The molecule has 0 spiro atoms. The molecule has 3 rings (SSSR count). The van der Waals surface area contributed by atoms with Crippen molar-refractivity contribution >= 4 is 11.6 Å². The van der Waals surface area contributed by atoms with Crippen molar-refractivity contribution in [2.75, 3.05) is 6.54 Å². The molecule has 1 fully saturated rings. The summed E-state index contributed by atoms with van der Waals surface area (Å²) >= 11 is 0. The normalized spacial score (nSPS) is 22.0. The minimum Gasteiger partial charge on any atom is -0.328 e. The monoisotopic (exact) mass is 305 g/mol. The Kier molecular flexibility index (Phi) is 4.07. The van der Waals surface area contributed by atoms with Gasteiger partial charge in [-0.25, -0.2) is 0 Å². The largest absolute Gasteiger partial charge is 0.328 e. The number of allylic oxidation sites excluding steroid dienone is 1. The molecule has 0 bridgehead atoms. The van der Waals surface area contributed by atoms with Gasteiger partial charge >= 0.3 is 0 Å². The van der Waals surface area contributed by atoms with E-state index in [2.05, 4.69) is 21.7 Å². The van der Waals surface area contributed by atoms with Crippen LogP contribution in [-0.2, 0) is 4.79 Å². The van der Waals surface area contributed by atoms with E-state index in [1.165, 1.54) is 0 Å². The Morgan fingerprint density at radius 3 is 2.87 bits per heavy atom. The summed E-state index contributed by atoms with van der Waals surface area (Å²) in [7, 11) is 0. The molecule has 6 nitrogen and oxygen atoms in total. The van der Waals surface area contributed by atoms with E-state index in [0.29, 0.717) is 24.9 Å². The van der Waals surface area contributed by atoms with E-state index in [-0.39, 0.29) is 17.9 Å². The lowest BCUT2D eigenvalue weighted by Gasteiger charge is -2.33. The number of rotatable bonds is 4. The molecule has 0 radical (unpaired) electrons. The van der Waals surface area contributed by atoms with E-state index in [9.17, 15) is 4.79 Å². The van der Waals surface area contributed by atoms with Gasteiger partial charge in [-0.1, -0.05) is 12.1 Å². The lowest BCUT2D eigenvalue weighted by molar-refractivity contribution is -0.127. The Labute approximate surface area is 134 Å². The molecule has 1 aliphatic heterocycles. The highest BCUT2D eigenvalue weighted by Crippen LogP contribution is 2.27. The molecule has 0 saturated heterocycles. The molecule has 114 valence electrons. The number of nitrogens with one attached hydrogen (secondary N) is 2. The Morgan fingerprint density at radius 2 is 2.13 bits per heavy atom. The fraction of sp³-hybridized carbons (Fsp3) is 0.294. The molecule has 1 aromatic carbocycles. The standard InChI is InChI=1S/C17H15N5O/c18-8-11-2-1-3-12(4-11)16-7-15(9-20-16)22-17(23)13-5-14(6-13)21-10-19/h1-4,7,13-14,21H,5-6,9H2,(H,22,23)/t13-,14-. The van der Waals surface area contributed by atoms with Crippen LogP contribution < -0.4 is 10.6 Å². The predicted molar refractivity (Wildman–Crippen MR) is 84.0 cm³/mol. The molecule has 2 N–H and O–H groups in total. The second-order valence-corrected chi connectivity index (χ2v) is 5.67. The fourth-order valence-electron chi connectivity index (χ4n) is 2.73. The van der Waals surface area contributed by atoms with E-state index in [4.69, 9.17) is 10.5 Å². The summed E-state index contributed by atoms with van der Waals surface area (Å²) in [5.74, 6) is -0.0674. The van der Waals surface area contributed by atoms with Crippen molar-refractivity contribution in [3.63, 3.8) is 0 Å². The first-order valence-corrected chi connectivity index (χ1v) is 7.40. The third-order valence-corrected chi connectivity index (χ3v) is 4.08. The maximum atomic E-state index is 12.1. The van der Waals surface area contributed by atoms with Gasteiger partial charge in [-0.2, -0.15) is 10.5 Å². The Hall–Kier alpha value is -3.12. The van der Waals surface area contributed by atoms with Gasteiger partial charge < -0.3 is 10.6 Å². The molecular formula is C17H15N5O. The highest BCUT2D eigenvalue weighted by Gasteiger charge is 2.34. The number of nitriles is 2. The van der Waals surface area contributed by atoms with Gasteiger partial charge in [-0.15, -0.1) is 0 Å². The number of carbonyl (C=O) groups is 1. The van der Waals surface area contributed by atoms with Gasteiger partial charge in [-0.05, 0) is 31.1 Å². The number of nitrogens with zero attached hydrogens (tertiary/aromatic N) is 3. The van der Waals surface area contributed by atoms with Crippen molar-refractivity contribution in [2.24, 2.45) is 10.9 Å². The SMILES string of the molecule is N#CN[C@H]1C[C@H](C(=O)NC2=CC(c3cccc(C#N)c3)=NC2)C1. The van der Waals surface area contributed by atoms with E-state index in [0.717, 1.165) is 17.0 Å². The first kappa shape index (κ1) is 14.8. The number of benzene rings is 1. The molecule has 1 saturated carbocycles. The Morgan fingerprint density at radius 1 is 1.30 bits per heavy atom. The second-order valence-electron chi connectivity index (χ2n) is 5.67. The smallest absolute Gasteiger partial charge is 0.227 e.